The highest BCUT2D eigenvalue weighted by Gasteiger charge is 2.28. The first-order valence-corrected chi connectivity index (χ1v) is 8.71. The molecule has 2 unspecified atom stereocenters. The lowest BCUT2D eigenvalue weighted by atomic mass is 9.81. The number of nitrogens with one attached hydrogen (secondary N) is 1. The zero-order valence-electron chi connectivity index (χ0n) is 11.8. The Morgan fingerprint density at radius 3 is 2.35 bits per heavy atom. The van der Waals surface area contributed by atoms with Crippen LogP contribution in [0.25, 0.3) is 0 Å². The van der Waals surface area contributed by atoms with E-state index in [0.717, 1.165) is 19.3 Å². The zero-order chi connectivity index (χ0) is 14.9. The summed E-state index contributed by atoms with van der Waals surface area (Å²) in [7, 11) is -3.54. The van der Waals surface area contributed by atoms with Gasteiger partial charge in [0, 0.05) is 6.04 Å². The summed E-state index contributed by atoms with van der Waals surface area (Å²) in [6.07, 6.45) is 2.92. The van der Waals surface area contributed by atoms with E-state index in [1.54, 1.807) is 0 Å². The van der Waals surface area contributed by atoms with Crippen molar-refractivity contribution in [3.63, 3.8) is 0 Å². The van der Waals surface area contributed by atoms with Crippen molar-refractivity contribution in [2.45, 2.75) is 44.0 Å². The molecule has 0 saturated heterocycles. The van der Waals surface area contributed by atoms with Crippen LogP contribution in [0, 0.1) is 11.8 Å². The molecule has 3 N–H and O–H groups in total. The van der Waals surface area contributed by atoms with Gasteiger partial charge in [-0.25, -0.2) is 13.1 Å². The first-order valence-electron chi connectivity index (χ1n) is 6.85. The smallest absolute Gasteiger partial charge is 0.240 e. The van der Waals surface area contributed by atoms with Gasteiger partial charge in [0.2, 0.25) is 10.0 Å². The molecule has 0 spiro atoms. The minimum Gasteiger partial charge on any atom is -0.398 e. The van der Waals surface area contributed by atoms with E-state index in [1.165, 1.54) is 18.2 Å². The second-order valence-corrected chi connectivity index (χ2v) is 8.04. The van der Waals surface area contributed by atoms with Gasteiger partial charge in [-0.05, 0) is 49.3 Å². The van der Waals surface area contributed by atoms with E-state index in [1.807, 2.05) is 0 Å². The third-order valence-electron chi connectivity index (χ3n) is 3.78. The maximum atomic E-state index is 12.4. The zero-order valence-corrected chi connectivity index (χ0v) is 13.3. The van der Waals surface area contributed by atoms with Crippen LogP contribution in [0.2, 0.25) is 5.02 Å². The summed E-state index contributed by atoms with van der Waals surface area (Å²) in [5, 5.41) is 0.262. The molecular weight excluding hydrogens is 296 g/mol. The molecule has 1 aromatic carbocycles. The summed E-state index contributed by atoms with van der Waals surface area (Å²) in [5.41, 5.74) is 5.99. The molecule has 4 nitrogen and oxygen atoms in total. The van der Waals surface area contributed by atoms with E-state index in [0.29, 0.717) is 17.5 Å². The topological polar surface area (TPSA) is 72.2 Å². The third kappa shape index (κ3) is 3.65. The molecule has 0 bridgehead atoms. The van der Waals surface area contributed by atoms with Gasteiger partial charge in [-0.3, -0.25) is 0 Å². The molecule has 0 heterocycles. The number of nitrogen functional groups attached to an aromatic ring is 1. The second kappa shape index (κ2) is 5.92. The number of hydrogen-bond donors (Lipinski definition) is 2. The van der Waals surface area contributed by atoms with E-state index < -0.39 is 10.0 Å². The largest absolute Gasteiger partial charge is 0.398 e. The SMILES string of the molecule is CC1CC(C)CC(NS(=O)(=O)c2ccc(N)c(Cl)c2)C1. The Morgan fingerprint density at radius 2 is 1.80 bits per heavy atom. The minimum atomic E-state index is -3.54. The average Bonchev–Trinajstić information content (AvgIpc) is 2.30. The molecule has 0 radical (unpaired) electrons. The van der Waals surface area contributed by atoms with Crippen LogP contribution in [0.15, 0.2) is 23.1 Å². The highest BCUT2D eigenvalue weighted by atomic mass is 35.5. The van der Waals surface area contributed by atoms with Gasteiger partial charge in [-0.1, -0.05) is 25.4 Å². The quantitative estimate of drug-likeness (QED) is 0.842. The molecule has 0 amide bonds. The lowest BCUT2D eigenvalue weighted by Crippen LogP contribution is -2.39. The number of hydrogen-bond acceptors (Lipinski definition) is 3. The Bertz CT molecular complexity index is 579. The lowest BCUT2D eigenvalue weighted by Gasteiger charge is -2.31. The van der Waals surface area contributed by atoms with Crippen molar-refractivity contribution < 1.29 is 8.42 Å². The van der Waals surface area contributed by atoms with Crippen molar-refractivity contribution in [1.29, 1.82) is 0 Å². The van der Waals surface area contributed by atoms with Crippen LogP contribution in [0.3, 0.4) is 0 Å². The Balaban J connectivity index is 2.16. The highest BCUT2D eigenvalue weighted by molar-refractivity contribution is 7.89. The fourth-order valence-corrected chi connectivity index (χ4v) is 4.54. The normalized spacial score (nSPS) is 27.4. The maximum Gasteiger partial charge on any atom is 0.240 e. The molecule has 6 heteroatoms. The van der Waals surface area contributed by atoms with Gasteiger partial charge in [-0.2, -0.15) is 0 Å². The number of anilines is 1. The lowest BCUT2D eigenvalue weighted by molar-refractivity contribution is 0.257. The van der Waals surface area contributed by atoms with Crippen molar-refractivity contribution in [2.24, 2.45) is 11.8 Å². The van der Waals surface area contributed by atoms with E-state index >= 15 is 0 Å². The van der Waals surface area contributed by atoms with Crippen LogP contribution >= 0.6 is 11.6 Å². The number of halogens is 1. The molecule has 2 atom stereocenters. The third-order valence-corrected chi connectivity index (χ3v) is 5.63. The maximum absolute atomic E-state index is 12.4. The number of rotatable bonds is 3. The summed E-state index contributed by atoms with van der Waals surface area (Å²) in [6, 6.07) is 4.40. The molecule has 2 rings (SSSR count). The Morgan fingerprint density at radius 1 is 1.20 bits per heavy atom. The fraction of sp³-hybridized carbons (Fsp3) is 0.571. The van der Waals surface area contributed by atoms with Crippen molar-refractivity contribution in [3.8, 4) is 0 Å². The highest BCUT2D eigenvalue weighted by Crippen LogP contribution is 2.30. The van der Waals surface area contributed by atoms with Gasteiger partial charge in [0.25, 0.3) is 0 Å². The monoisotopic (exact) mass is 316 g/mol. The van der Waals surface area contributed by atoms with Gasteiger partial charge >= 0.3 is 0 Å². The van der Waals surface area contributed by atoms with Crippen LogP contribution in [0.5, 0.6) is 0 Å². The van der Waals surface area contributed by atoms with E-state index in [9.17, 15) is 8.42 Å². The average molecular weight is 317 g/mol. The first-order chi connectivity index (χ1) is 9.28. The van der Waals surface area contributed by atoms with Gasteiger partial charge in [-0.15, -0.1) is 0 Å². The summed E-state index contributed by atoms with van der Waals surface area (Å²) in [4.78, 5) is 0.169. The first kappa shape index (κ1) is 15.6. The molecule has 0 aliphatic heterocycles. The fourth-order valence-electron chi connectivity index (χ4n) is 3.01. The van der Waals surface area contributed by atoms with Crippen molar-refractivity contribution in [2.75, 3.05) is 5.73 Å². The van der Waals surface area contributed by atoms with Crippen molar-refractivity contribution >= 4 is 27.3 Å². The molecule has 0 aromatic heterocycles. The second-order valence-electron chi connectivity index (χ2n) is 5.92. The molecule has 1 aliphatic carbocycles. The Labute approximate surface area is 125 Å². The standard InChI is InChI=1S/C14H21ClN2O2S/c1-9-5-10(2)7-11(6-9)17-20(18,19)12-3-4-14(16)13(15)8-12/h3-4,8-11,17H,5-7,16H2,1-2H3. The number of sulfonamides is 1. The summed E-state index contributed by atoms with van der Waals surface area (Å²) in [5.74, 6) is 1.09. The molecule has 1 fully saturated rings. The Hall–Kier alpha value is -0.780. The van der Waals surface area contributed by atoms with E-state index in [4.69, 9.17) is 17.3 Å². The van der Waals surface area contributed by atoms with Gasteiger partial charge in [0.15, 0.2) is 0 Å². The predicted molar refractivity (Wildman–Crippen MR) is 82.2 cm³/mol. The minimum absolute atomic E-state index is 0.00456. The van der Waals surface area contributed by atoms with Gasteiger partial charge in [0.1, 0.15) is 0 Å². The number of benzene rings is 1. The van der Waals surface area contributed by atoms with Crippen molar-refractivity contribution in [1.82, 2.24) is 4.72 Å². The molecule has 20 heavy (non-hydrogen) atoms. The predicted octanol–water partition coefficient (Wildman–Crippen LogP) is 3.03. The van der Waals surface area contributed by atoms with Gasteiger partial charge < -0.3 is 5.73 Å². The Kier molecular flexibility index (Phi) is 4.62. The molecule has 1 aromatic rings. The van der Waals surface area contributed by atoms with Crippen LogP contribution in [0.4, 0.5) is 5.69 Å². The van der Waals surface area contributed by atoms with Crippen LogP contribution in [-0.2, 0) is 10.0 Å². The van der Waals surface area contributed by atoms with Crippen LogP contribution in [0.1, 0.15) is 33.1 Å². The molecule has 112 valence electrons. The van der Waals surface area contributed by atoms with Crippen LogP contribution < -0.4 is 10.5 Å². The van der Waals surface area contributed by atoms with E-state index in [-0.39, 0.29) is 16.0 Å². The van der Waals surface area contributed by atoms with Crippen molar-refractivity contribution in [3.05, 3.63) is 23.2 Å². The molecular formula is C14H21ClN2O2S. The molecule has 1 saturated carbocycles. The number of nitrogens with two attached hydrogens (primary N) is 1. The molecule has 1 aliphatic rings. The van der Waals surface area contributed by atoms with Crippen LogP contribution in [-0.4, -0.2) is 14.5 Å². The van der Waals surface area contributed by atoms with E-state index in [2.05, 4.69) is 18.6 Å². The summed E-state index contributed by atoms with van der Waals surface area (Å²) >= 11 is 5.89. The summed E-state index contributed by atoms with van der Waals surface area (Å²) < 4.78 is 27.5. The summed E-state index contributed by atoms with van der Waals surface area (Å²) in [6.45, 7) is 4.33. The van der Waals surface area contributed by atoms with Gasteiger partial charge in [0.05, 0.1) is 15.6 Å².